The highest BCUT2D eigenvalue weighted by molar-refractivity contribution is 9.10. The van der Waals surface area contributed by atoms with E-state index in [4.69, 9.17) is 4.74 Å². The lowest BCUT2D eigenvalue weighted by Crippen LogP contribution is -2.22. The summed E-state index contributed by atoms with van der Waals surface area (Å²) in [6, 6.07) is 15.8. The van der Waals surface area contributed by atoms with Crippen molar-refractivity contribution in [3.05, 3.63) is 64.1 Å². The summed E-state index contributed by atoms with van der Waals surface area (Å²) in [6.07, 6.45) is 6.49. The summed E-state index contributed by atoms with van der Waals surface area (Å²) in [5.74, 6) is 1.46. The molecule has 4 nitrogen and oxygen atoms in total. The number of fused-ring (bicyclic) bond motifs is 1. The highest BCUT2D eigenvalue weighted by Gasteiger charge is 2.64. The SMILES string of the molecule is C[C@]12CCCC[C@H]1[C@H]2C(=O)N/N=C\c1ccccc1OCc1ccc(Br)cc1. The summed E-state index contributed by atoms with van der Waals surface area (Å²) in [5.41, 5.74) is 4.89. The van der Waals surface area contributed by atoms with E-state index in [1.807, 2.05) is 48.5 Å². The third kappa shape index (κ3) is 4.00. The van der Waals surface area contributed by atoms with Crippen LogP contribution in [-0.4, -0.2) is 12.1 Å². The maximum Gasteiger partial charge on any atom is 0.244 e. The fraction of sp³-hybridized carbons (Fsp3) is 0.391. The number of nitrogens with zero attached hydrogens (tertiary/aromatic N) is 1. The molecule has 0 bridgehead atoms. The standard InChI is InChI=1S/C23H25BrN2O2/c1-23-13-5-4-7-19(23)21(23)22(27)26-25-14-17-6-2-3-8-20(17)28-15-16-9-11-18(24)12-10-16/h2-3,6,8-12,14,19,21H,4-5,7,13,15H2,1H3,(H,26,27)/b25-14-/t19-,21-,23-/m0/s1. The van der Waals surface area contributed by atoms with Gasteiger partial charge in [-0.1, -0.05) is 60.0 Å². The van der Waals surface area contributed by atoms with Gasteiger partial charge in [0.25, 0.3) is 0 Å². The Bertz CT molecular complexity index is 880. The van der Waals surface area contributed by atoms with Crippen LogP contribution in [0.3, 0.4) is 0 Å². The van der Waals surface area contributed by atoms with Gasteiger partial charge in [0, 0.05) is 16.0 Å². The molecular weight excluding hydrogens is 416 g/mol. The van der Waals surface area contributed by atoms with Crippen molar-refractivity contribution in [1.29, 1.82) is 0 Å². The van der Waals surface area contributed by atoms with Crippen LogP contribution < -0.4 is 10.2 Å². The third-order valence-corrected chi connectivity index (χ3v) is 6.75. The quantitative estimate of drug-likeness (QED) is 0.488. The predicted molar refractivity (Wildman–Crippen MR) is 114 cm³/mol. The van der Waals surface area contributed by atoms with Crippen molar-refractivity contribution in [2.75, 3.05) is 0 Å². The van der Waals surface area contributed by atoms with Crippen molar-refractivity contribution in [3.63, 3.8) is 0 Å². The van der Waals surface area contributed by atoms with Gasteiger partial charge in [0.2, 0.25) is 5.91 Å². The Balaban J connectivity index is 1.35. The molecule has 0 unspecified atom stereocenters. The van der Waals surface area contributed by atoms with Crippen LogP contribution >= 0.6 is 15.9 Å². The summed E-state index contributed by atoms with van der Waals surface area (Å²) < 4.78 is 7.00. The van der Waals surface area contributed by atoms with Crippen LogP contribution in [0.25, 0.3) is 0 Å². The number of hydrazone groups is 1. The van der Waals surface area contributed by atoms with Crippen LogP contribution in [0.15, 0.2) is 58.1 Å². The smallest absolute Gasteiger partial charge is 0.244 e. The van der Waals surface area contributed by atoms with E-state index in [-0.39, 0.29) is 17.2 Å². The zero-order valence-corrected chi connectivity index (χ0v) is 17.6. The van der Waals surface area contributed by atoms with Crippen LogP contribution in [0, 0.1) is 17.3 Å². The number of carbonyl (C=O) groups excluding carboxylic acids is 1. The third-order valence-electron chi connectivity index (χ3n) is 6.22. The number of amides is 1. The number of rotatable bonds is 6. The lowest BCUT2D eigenvalue weighted by Gasteiger charge is -2.15. The molecule has 0 heterocycles. The van der Waals surface area contributed by atoms with E-state index in [1.165, 1.54) is 19.3 Å². The number of carbonyl (C=O) groups is 1. The highest BCUT2D eigenvalue weighted by Crippen LogP contribution is 2.66. The zero-order valence-electron chi connectivity index (χ0n) is 16.0. The molecule has 1 N–H and O–H groups in total. The van der Waals surface area contributed by atoms with Crippen molar-refractivity contribution in [1.82, 2.24) is 5.43 Å². The Kier molecular flexibility index (Phi) is 5.54. The molecular formula is C23H25BrN2O2. The minimum atomic E-state index is 0.0545. The second-order valence-corrected chi connectivity index (χ2v) is 8.94. The molecule has 0 spiro atoms. The molecule has 2 aliphatic carbocycles. The second kappa shape index (κ2) is 8.08. The Labute approximate surface area is 174 Å². The molecule has 2 aliphatic rings. The summed E-state index contributed by atoms with van der Waals surface area (Å²) in [4.78, 5) is 12.5. The van der Waals surface area contributed by atoms with E-state index >= 15 is 0 Å². The summed E-state index contributed by atoms with van der Waals surface area (Å²) >= 11 is 3.44. The number of para-hydroxylation sites is 1. The minimum absolute atomic E-state index is 0.0545. The van der Waals surface area contributed by atoms with Crippen LogP contribution in [-0.2, 0) is 11.4 Å². The normalized spacial score (nSPS) is 25.9. The first-order valence-electron chi connectivity index (χ1n) is 9.87. The molecule has 0 radical (unpaired) electrons. The van der Waals surface area contributed by atoms with Crippen molar-refractivity contribution < 1.29 is 9.53 Å². The molecule has 1 amide bonds. The first-order valence-corrected chi connectivity index (χ1v) is 10.7. The van der Waals surface area contributed by atoms with Crippen LogP contribution in [0.1, 0.15) is 43.7 Å². The molecule has 5 heteroatoms. The van der Waals surface area contributed by atoms with E-state index in [1.54, 1.807) is 6.21 Å². The Morgan fingerprint density at radius 2 is 2.04 bits per heavy atom. The lowest BCUT2D eigenvalue weighted by molar-refractivity contribution is -0.123. The zero-order chi connectivity index (χ0) is 19.6. The van der Waals surface area contributed by atoms with Gasteiger partial charge in [0.1, 0.15) is 12.4 Å². The van der Waals surface area contributed by atoms with E-state index in [9.17, 15) is 4.79 Å². The summed E-state index contributed by atoms with van der Waals surface area (Å²) in [5, 5.41) is 4.21. The average molecular weight is 441 g/mol. The van der Waals surface area contributed by atoms with Crippen LogP contribution in [0.2, 0.25) is 0 Å². The van der Waals surface area contributed by atoms with Gasteiger partial charge in [-0.05, 0) is 54.0 Å². The predicted octanol–water partition coefficient (Wildman–Crippen LogP) is 5.30. The first kappa shape index (κ1) is 19.2. The van der Waals surface area contributed by atoms with Gasteiger partial charge in [-0.2, -0.15) is 5.10 Å². The van der Waals surface area contributed by atoms with Crippen LogP contribution in [0.4, 0.5) is 0 Å². The van der Waals surface area contributed by atoms with Gasteiger partial charge in [-0.15, -0.1) is 0 Å². The molecule has 3 atom stereocenters. The first-order chi connectivity index (χ1) is 13.6. The van der Waals surface area contributed by atoms with Gasteiger partial charge < -0.3 is 4.74 Å². The summed E-state index contributed by atoms with van der Waals surface area (Å²) in [6.45, 7) is 2.72. The monoisotopic (exact) mass is 440 g/mol. The number of nitrogens with one attached hydrogen (secondary N) is 1. The number of halogens is 1. The molecule has 2 saturated carbocycles. The van der Waals surface area contributed by atoms with Gasteiger partial charge in [-0.3, -0.25) is 4.79 Å². The second-order valence-electron chi connectivity index (χ2n) is 8.02. The van der Waals surface area contributed by atoms with Crippen molar-refractivity contribution in [2.45, 2.75) is 39.2 Å². The molecule has 2 fully saturated rings. The van der Waals surface area contributed by atoms with E-state index in [2.05, 4.69) is 33.4 Å². The molecule has 28 heavy (non-hydrogen) atoms. The number of ether oxygens (including phenoxy) is 1. The Morgan fingerprint density at radius 1 is 1.25 bits per heavy atom. The Hall–Kier alpha value is -2.14. The molecule has 0 saturated heterocycles. The Morgan fingerprint density at radius 3 is 2.79 bits per heavy atom. The van der Waals surface area contributed by atoms with Crippen molar-refractivity contribution >= 4 is 28.1 Å². The van der Waals surface area contributed by atoms with Gasteiger partial charge in [0.15, 0.2) is 0 Å². The number of hydrogen-bond acceptors (Lipinski definition) is 3. The number of benzene rings is 2. The largest absolute Gasteiger partial charge is 0.488 e. The molecule has 0 aromatic heterocycles. The van der Waals surface area contributed by atoms with Gasteiger partial charge >= 0.3 is 0 Å². The highest BCUT2D eigenvalue weighted by atomic mass is 79.9. The van der Waals surface area contributed by atoms with Gasteiger partial charge in [-0.25, -0.2) is 5.43 Å². The average Bonchev–Trinajstić information content (AvgIpc) is 3.34. The van der Waals surface area contributed by atoms with Crippen LogP contribution in [0.5, 0.6) is 5.75 Å². The molecule has 2 aromatic rings. The minimum Gasteiger partial charge on any atom is -0.488 e. The van der Waals surface area contributed by atoms with E-state index < -0.39 is 0 Å². The molecule has 2 aromatic carbocycles. The fourth-order valence-corrected chi connectivity index (χ4v) is 4.81. The van der Waals surface area contributed by atoms with Crippen molar-refractivity contribution in [3.8, 4) is 5.75 Å². The molecule has 0 aliphatic heterocycles. The van der Waals surface area contributed by atoms with E-state index in [0.29, 0.717) is 12.5 Å². The molecule has 146 valence electrons. The van der Waals surface area contributed by atoms with Crippen molar-refractivity contribution in [2.24, 2.45) is 22.4 Å². The maximum absolute atomic E-state index is 12.5. The molecule has 4 rings (SSSR count). The van der Waals surface area contributed by atoms with Gasteiger partial charge in [0.05, 0.1) is 6.21 Å². The summed E-state index contributed by atoms with van der Waals surface area (Å²) in [7, 11) is 0. The fourth-order valence-electron chi connectivity index (χ4n) is 4.55. The number of hydrogen-bond donors (Lipinski definition) is 1. The maximum atomic E-state index is 12.5. The topological polar surface area (TPSA) is 50.7 Å². The van der Waals surface area contributed by atoms with E-state index in [0.717, 1.165) is 27.8 Å². The lowest BCUT2D eigenvalue weighted by atomic mass is 9.90.